The molecular weight excluding hydrogens is 278 g/mol. The Morgan fingerprint density at radius 3 is 2.86 bits per heavy atom. The fraction of sp³-hybridized carbons (Fsp3) is 0.588. The molecule has 1 unspecified atom stereocenters. The molecule has 2 rings (SSSR count). The maximum atomic E-state index is 12.0. The maximum Gasteiger partial charge on any atom is 0.319 e. The Labute approximate surface area is 133 Å². The summed E-state index contributed by atoms with van der Waals surface area (Å²) in [6.45, 7) is 1.57. The Balaban J connectivity index is 1.69. The van der Waals surface area contributed by atoms with Crippen molar-refractivity contribution in [2.75, 3.05) is 37.5 Å². The van der Waals surface area contributed by atoms with Gasteiger partial charge in [0.1, 0.15) is 0 Å². The maximum absolute atomic E-state index is 12.0. The van der Waals surface area contributed by atoms with Gasteiger partial charge in [0.2, 0.25) is 0 Å². The van der Waals surface area contributed by atoms with Gasteiger partial charge >= 0.3 is 6.03 Å². The van der Waals surface area contributed by atoms with Crippen LogP contribution in [0.4, 0.5) is 16.2 Å². The summed E-state index contributed by atoms with van der Waals surface area (Å²) >= 11 is 0. The standard InChI is InChI=1S/C17H27N3O2/c1-20(2)16-11-4-3-10-15(16)19-17(21)18-12-7-9-14-8-5-6-13-22-14/h3-4,10-11,14H,5-9,12-13H2,1-2H3,(H2,18,19,21). The first-order valence-corrected chi connectivity index (χ1v) is 8.09. The molecule has 0 bridgehead atoms. The van der Waals surface area contributed by atoms with E-state index < -0.39 is 0 Å². The highest BCUT2D eigenvalue weighted by Gasteiger charge is 2.13. The molecule has 2 amide bonds. The number of urea groups is 1. The van der Waals surface area contributed by atoms with Crippen molar-refractivity contribution in [3.05, 3.63) is 24.3 Å². The summed E-state index contributed by atoms with van der Waals surface area (Å²) < 4.78 is 5.69. The average Bonchev–Trinajstić information content (AvgIpc) is 2.53. The van der Waals surface area contributed by atoms with Gasteiger partial charge in [-0.05, 0) is 44.2 Å². The number of benzene rings is 1. The third-order valence-electron chi connectivity index (χ3n) is 3.90. The number of hydrogen-bond acceptors (Lipinski definition) is 3. The number of carbonyl (C=O) groups is 1. The van der Waals surface area contributed by atoms with Crippen molar-refractivity contribution in [2.45, 2.75) is 38.2 Å². The van der Waals surface area contributed by atoms with Gasteiger partial charge in [-0.1, -0.05) is 12.1 Å². The summed E-state index contributed by atoms with van der Waals surface area (Å²) in [5, 5.41) is 5.82. The van der Waals surface area contributed by atoms with E-state index in [4.69, 9.17) is 4.74 Å². The van der Waals surface area contributed by atoms with Gasteiger partial charge in [0.05, 0.1) is 17.5 Å². The molecule has 1 aliphatic rings. The minimum Gasteiger partial charge on any atom is -0.378 e. The summed E-state index contributed by atoms with van der Waals surface area (Å²) in [5.41, 5.74) is 1.81. The Bertz CT molecular complexity index is 471. The summed E-state index contributed by atoms with van der Waals surface area (Å²) in [5.74, 6) is 0. The molecule has 0 saturated carbocycles. The number of rotatable bonds is 6. The smallest absolute Gasteiger partial charge is 0.319 e. The number of amides is 2. The lowest BCUT2D eigenvalue weighted by atomic mass is 10.0. The number of ether oxygens (including phenoxy) is 1. The largest absolute Gasteiger partial charge is 0.378 e. The molecule has 1 aromatic rings. The van der Waals surface area contributed by atoms with Crippen LogP contribution in [0, 0.1) is 0 Å². The van der Waals surface area contributed by atoms with Crippen molar-refractivity contribution in [3.8, 4) is 0 Å². The lowest BCUT2D eigenvalue weighted by Gasteiger charge is -2.22. The Morgan fingerprint density at radius 2 is 2.14 bits per heavy atom. The van der Waals surface area contributed by atoms with Gasteiger partial charge in [-0.3, -0.25) is 0 Å². The molecule has 1 fully saturated rings. The van der Waals surface area contributed by atoms with Gasteiger partial charge in [0.25, 0.3) is 0 Å². The molecule has 1 heterocycles. The second kappa shape index (κ2) is 8.63. The van der Waals surface area contributed by atoms with Crippen LogP contribution in [-0.2, 0) is 4.74 Å². The first-order chi connectivity index (χ1) is 10.7. The number of nitrogens with one attached hydrogen (secondary N) is 2. The van der Waals surface area contributed by atoms with Gasteiger partial charge in [-0.15, -0.1) is 0 Å². The number of hydrogen-bond donors (Lipinski definition) is 2. The number of para-hydroxylation sites is 2. The van der Waals surface area contributed by atoms with Crippen LogP contribution in [-0.4, -0.2) is 39.4 Å². The van der Waals surface area contributed by atoms with Gasteiger partial charge in [0.15, 0.2) is 0 Å². The van der Waals surface area contributed by atoms with Crippen LogP contribution >= 0.6 is 0 Å². The minimum atomic E-state index is -0.154. The molecule has 0 radical (unpaired) electrons. The van der Waals surface area contributed by atoms with E-state index in [1.165, 1.54) is 12.8 Å². The minimum absolute atomic E-state index is 0.154. The van der Waals surface area contributed by atoms with Crippen LogP contribution in [0.3, 0.4) is 0 Å². The molecule has 0 spiro atoms. The highest BCUT2D eigenvalue weighted by molar-refractivity contribution is 5.93. The van der Waals surface area contributed by atoms with E-state index >= 15 is 0 Å². The monoisotopic (exact) mass is 305 g/mol. The van der Waals surface area contributed by atoms with E-state index in [1.54, 1.807) is 0 Å². The van der Waals surface area contributed by atoms with E-state index in [-0.39, 0.29) is 6.03 Å². The van der Waals surface area contributed by atoms with Crippen LogP contribution in [0.15, 0.2) is 24.3 Å². The second-order valence-electron chi connectivity index (χ2n) is 5.92. The molecular formula is C17H27N3O2. The zero-order chi connectivity index (χ0) is 15.8. The third-order valence-corrected chi connectivity index (χ3v) is 3.90. The summed E-state index contributed by atoms with van der Waals surface area (Å²) in [4.78, 5) is 13.9. The van der Waals surface area contributed by atoms with E-state index in [9.17, 15) is 4.79 Å². The molecule has 5 nitrogen and oxygen atoms in total. The number of carbonyl (C=O) groups excluding carboxylic acids is 1. The first-order valence-electron chi connectivity index (χ1n) is 8.09. The van der Waals surface area contributed by atoms with Gasteiger partial charge < -0.3 is 20.3 Å². The number of nitrogens with zero attached hydrogens (tertiary/aromatic N) is 1. The van der Waals surface area contributed by atoms with E-state index in [0.717, 1.165) is 37.2 Å². The third kappa shape index (κ3) is 5.22. The zero-order valence-electron chi connectivity index (χ0n) is 13.6. The lowest BCUT2D eigenvalue weighted by Crippen LogP contribution is -2.31. The molecule has 122 valence electrons. The van der Waals surface area contributed by atoms with Crippen molar-refractivity contribution in [1.29, 1.82) is 0 Å². The molecule has 2 N–H and O–H groups in total. The Morgan fingerprint density at radius 1 is 1.32 bits per heavy atom. The molecule has 1 atom stereocenters. The van der Waals surface area contributed by atoms with Gasteiger partial charge in [-0.2, -0.15) is 0 Å². The molecule has 0 aromatic heterocycles. The Hall–Kier alpha value is -1.75. The van der Waals surface area contributed by atoms with Crippen molar-refractivity contribution in [2.24, 2.45) is 0 Å². The highest BCUT2D eigenvalue weighted by Crippen LogP contribution is 2.23. The second-order valence-corrected chi connectivity index (χ2v) is 5.92. The van der Waals surface area contributed by atoms with Crippen molar-refractivity contribution in [1.82, 2.24) is 5.32 Å². The quantitative estimate of drug-likeness (QED) is 0.793. The summed E-state index contributed by atoms with van der Waals surface area (Å²) in [6.07, 6.45) is 5.96. The van der Waals surface area contributed by atoms with Crippen molar-refractivity contribution in [3.63, 3.8) is 0 Å². The van der Waals surface area contributed by atoms with Crippen LogP contribution in [0.2, 0.25) is 0 Å². The average molecular weight is 305 g/mol. The van der Waals surface area contributed by atoms with E-state index in [2.05, 4.69) is 10.6 Å². The molecule has 1 aromatic carbocycles. The molecule has 0 aliphatic carbocycles. The molecule has 5 heteroatoms. The van der Waals surface area contributed by atoms with Gasteiger partial charge in [0, 0.05) is 27.2 Å². The normalized spacial score (nSPS) is 17.8. The van der Waals surface area contributed by atoms with Crippen LogP contribution < -0.4 is 15.5 Å². The summed E-state index contributed by atoms with van der Waals surface area (Å²) in [6, 6.07) is 7.62. The number of anilines is 2. The zero-order valence-corrected chi connectivity index (χ0v) is 13.6. The lowest BCUT2D eigenvalue weighted by molar-refractivity contribution is 0.0103. The predicted octanol–water partition coefficient (Wildman–Crippen LogP) is 3.22. The SMILES string of the molecule is CN(C)c1ccccc1NC(=O)NCCCC1CCCCO1. The van der Waals surface area contributed by atoms with Crippen LogP contribution in [0.1, 0.15) is 32.1 Å². The van der Waals surface area contributed by atoms with Gasteiger partial charge in [-0.25, -0.2) is 4.79 Å². The van der Waals surface area contributed by atoms with Crippen molar-refractivity contribution < 1.29 is 9.53 Å². The first kappa shape index (κ1) is 16.6. The van der Waals surface area contributed by atoms with Crippen LogP contribution in [0.5, 0.6) is 0 Å². The topological polar surface area (TPSA) is 53.6 Å². The fourth-order valence-electron chi connectivity index (χ4n) is 2.70. The molecule has 1 saturated heterocycles. The molecule has 1 aliphatic heterocycles. The van der Waals surface area contributed by atoms with Crippen LogP contribution in [0.25, 0.3) is 0 Å². The highest BCUT2D eigenvalue weighted by atomic mass is 16.5. The van der Waals surface area contributed by atoms with E-state index in [0.29, 0.717) is 12.6 Å². The Kier molecular flexibility index (Phi) is 6.52. The fourth-order valence-corrected chi connectivity index (χ4v) is 2.70. The summed E-state index contributed by atoms with van der Waals surface area (Å²) in [7, 11) is 3.92. The van der Waals surface area contributed by atoms with E-state index in [1.807, 2.05) is 43.3 Å². The van der Waals surface area contributed by atoms with Crippen molar-refractivity contribution >= 4 is 17.4 Å². The molecule has 22 heavy (non-hydrogen) atoms. The predicted molar refractivity (Wildman–Crippen MR) is 90.6 cm³/mol.